The van der Waals surface area contributed by atoms with E-state index >= 15 is 0 Å². The van der Waals surface area contributed by atoms with E-state index < -0.39 is 0 Å². The van der Waals surface area contributed by atoms with Gasteiger partial charge in [-0.3, -0.25) is 4.79 Å². The summed E-state index contributed by atoms with van der Waals surface area (Å²) < 4.78 is 5.35. The molecule has 1 saturated heterocycles. The van der Waals surface area contributed by atoms with E-state index in [0.717, 1.165) is 24.6 Å². The number of rotatable bonds is 3. The molecule has 0 spiro atoms. The minimum Gasteiger partial charge on any atom is -0.378 e. The summed E-state index contributed by atoms with van der Waals surface area (Å²) in [7, 11) is 0. The zero-order valence-electron chi connectivity index (χ0n) is 13.8. The highest BCUT2D eigenvalue weighted by Crippen LogP contribution is 2.23. The average Bonchev–Trinajstić information content (AvgIpc) is 2.67. The molecule has 0 amide bonds. The quantitative estimate of drug-likeness (QED) is 0.638. The Balaban J connectivity index is 2.02. The molecular weight excluding hydrogens is 316 g/mol. The van der Waals surface area contributed by atoms with E-state index in [0.29, 0.717) is 24.5 Å². The summed E-state index contributed by atoms with van der Waals surface area (Å²) >= 11 is 0. The normalized spacial score (nSPS) is 13.8. The molecule has 0 atom stereocenters. The van der Waals surface area contributed by atoms with Gasteiger partial charge in [0.1, 0.15) is 5.82 Å². The molecule has 0 saturated carbocycles. The number of hydrogen-bond acceptors (Lipinski definition) is 5. The monoisotopic (exact) mass is 332 g/mol. The second kappa shape index (κ2) is 7.12. The fourth-order valence-electron chi connectivity index (χ4n) is 2.78. The minimum absolute atomic E-state index is 0.245. The van der Waals surface area contributed by atoms with E-state index in [-0.39, 0.29) is 16.9 Å². The van der Waals surface area contributed by atoms with Gasteiger partial charge < -0.3 is 9.64 Å². The summed E-state index contributed by atoms with van der Waals surface area (Å²) in [6.07, 6.45) is 0. The van der Waals surface area contributed by atoms with Crippen LogP contribution in [0.4, 0.5) is 11.5 Å². The number of carbonyl (C=O) groups is 1. The van der Waals surface area contributed by atoms with Crippen molar-refractivity contribution in [3.05, 3.63) is 64.1 Å². The lowest BCUT2D eigenvalue weighted by atomic mass is 9.98. The summed E-state index contributed by atoms with van der Waals surface area (Å²) in [5.74, 6) is 0.452. The SMILES string of the molecule is [C-]#[N+]c1ccc(C#N)c(C(=O)c2cc(C)nc(N3CCOCC3)c2)c1. The van der Waals surface area contributed by atoms with Crippen LogP contribution in [-0.4, -0.2) is 37.1 Å². The van der Waals surface area contributed by atoms with E-state index in [2.05, 4.69) is 14.7 Å². The van der Waals surface area contributed by atoms with Gasteiger partial charge in [-0.2, -0.15) is 5.26 Å². The number of morpholine rings is 1. The van der Waals surface area contributed by atoms with Crippen molar-refractivity contribution in [3.63, 3.8) is 0 Å². The Morgan fingerprint density at radius 3 is 2.76 bits per heavy atom. The van der Waals surface area contributed by atoms with Crippen molar-refractivity contribution in [2.75, 3.05) is 31.2 Å². The molecule has 6 nitrogen and oxygen atoms in total. The molecule has 6 heteroatoms. The van der Waals surface area contributed by atoms with E-state index in [1.54, 1.807) is 18.2 Å². The molecule has 124 valence electrons. The third-order valence-electron chi connectivity index (χ3n) is 4.03. The van der Waals surface area contributed by atoms with Crippen molar-refractivity contribution in [2.24, 2.45) is 0 Å². The highest BCUT2D eigenvalue weighted by Gasteiger charge is 2.19. The maximum Gasteiger partial charge on any atom is 0.193 e. The maximum absolute atomic E-state index is 13.0. The molecule has 0 radical (unpaired) electrons. The summed E-state index contributed by atoms with van der Waals surface area (Å²) in [5, 5.41) is 9.28. The molecule has 1 aromatic carbocycles. The largest absolute Gasteiger partial charge is 0.378 e. The molecule has 25 heavy (non-hydrogen) atoms. The number of aromatic nitrogens is 1. The molecule has 1 aliphatic rings. The molecule has 3 rings (SSSR count). The van der Waals surface area contributed by atoms with Crippen LogP contribution >= 0.6 is 0 Å². The van der Waals surface area contributed by atoms with Gasteiger partial charge in [0.15, 0.2) is 11.5 Å². The highest BCUT2D eigenvalue weighted by atomic mass is 16.5. The molecule has 0 bridgehead atoms. The van der Waals surface area contributed by atoms with E-state index in [1.165, 1.54) is 12.1 Å². The zero-order valence-corrected chi connectivity index (χ0v) is 13.8. The number of aryl methyl sites for hydroxylation is 1. The number of ketones is 1. The lowest BCUT2D eigenvalue weighted by Gasteiger charge is -2.28. The lowest BCUT2D eigenvalue weighted by molar-refractivity contribution is 0.103. The lowest BCUT2D eigenvalue weighted by Crippen LogP contribution is -2.37. The van der Waals surface area contributed by atoms with Crippen LogP contribution in [-0.2, 0) is 4.74 Å². The molecule has 1 aliphatic heterocycles. The zero-order chi connectivity index (χ0) is 17.8. The number of carbonyl (C=O) groups excluding carboxylic acids is 1. The molecule has 0 aliphatic carbocycles. The Morgan fingerprint density at radius 2 is 2.08 bits per heavy atom. The first-order chi connectivity index (χ1) is 12.1. The Bertz CT molecular complexity index is 903. The number of anilines is 1. The van der Waals surface area contributed by atoms with Crippen molar-refractivity contribution in [3.8, 4) is 6.07 Å². The number of hydrogen-bond donors (Lipinski definition) is 0. The van der Waals surface area contributed by atoms with Crippen LogP contribution in [0.2, 0.25) is 0 Å². The van der Waals surface area contributed by atoms with E-state index in [9.17, 15) is 10.1 Å². The predicted molar refractivity (Wildman–Crippen MR) is 92.9 cm³/mol. The first kappa shape index (κ1) is 16.6. The van der Waals surface area contributed by atoms with Crippen LogP contribution < -0.4 is 4.90 Å². The fraction of sp³-hybridized carbons (Fsp3) is 0.263. The third kappa shape index (κ3) is 3.50. The Labute approximate surface area is 146 Å². The van der Waals surface area contributed by atoms with Gasteiger partial charge in [-0.25, -0.2) is 9.83 Å². The van der Waals surface area contributed by atoms with Crippen LogP contribution in [0.25, 0.3) is 4.85 Å². The Morgan fingerprint density at radius 1 is 1.32 bits per heavy atom. The van der Waals surface area contributed by atoms with E-state index in [4.69, 9.17) is 11.3 Å². The van der Waals surface area contributed by atoms with Crippen LogP contribution in [0.1, 0.15) is 27.2 Å². The molecule has 1 fully saturated rings. The molecule has 1 aromatic heterocycles. The molecule has 0 N–H and O–H groups in total. The number of benzene rings is 1. The molecule has 0 unspecified atom stereocenters. The number of ether oxygens (including phenoxy) is 1. The number of pyridine rings is 1. The van der Waals surface area contributed by atoms with Gasteiger partial charge in [0, 0.05) is 29.9 Å². The van der Waals surface area contributed by atoms with Gasteiger partial charge in [-0.05, 0) is 25.1 Å². The maximum atomic E-state index is 13.0. The second-order valence-electron chi connectivity index (χ2n) is 5.74. The first-order valence-electron chi connectivity index (χ1n) is 7.90. The van der Waals surface area contributed by atoms with Gasteiger partial charge in [0.25, 0.3) is 0 Å². The van der Waals surface area contributed by atoms with Gasteiger partial charge in [0.05, 0.1) is 31.4 Å². The van der Waals surface area contributed by atoms with Crippen molar-refractivity contribution in [1.82, 2.24) is 4.98 Å². The van der Waals surface area contributed by atoms with Gasteiger partial charge in [0.2, 0.25) is 0 Å². The van der Waals surface area contributed by atoms with Crippen molar-refractivity contribution in [1.29, 1.82) is 5.26 Å². The van der Waals surface area contributed by atoms with Crippen LogP contribution in [0, 0.1) is 24.8 Å². The van der Waals surface area contributed by atoms with Gasteiger partial charge in [-0.15, -0.1) is 0 Å². The van der Waals surface area contributed by atoms with Crippen LogP contribution in [0.15, 0.2) is 30.3 Å². The fourth-order valence-corrected chi connectivity index (χ4v) is 2.78. The summed E-state index contributed by atoms with van der Waals surface area (Å²) in [6.45, 7) is 11.7. The second-order valence-corrected chi connectivity index (χ2v) is 5.74. The summed E-state index contributed by atoms with van der Waals surface area (Å²) in [6, 6.07) is 10.00. The average molecular weight is 332 g/mol. The Kier molecular flexibility index (Phi) is 4.74. The molecule has 2 heterocycles. The number of nitriles is 1. The third-order valence-corrected chi connectivity index (χ3v) is 4.03. The first-order valence-corrected chi connectivity index (χ1v) is 7.90. The molecular formula is C19H16N4O2. The van der Waals surface area contributed by atoms with Crippen LogP contribution in [0.5, 0.6) is 0 Å². The number of nitrogens with zero attached hydrogens (tertiary/aromatic N) is 4. The van der Waals surface area contributed by atoms with Crippen molar-refractivity contribution < 1.29 is 9.53 Å². The van der Waals surface area contributed by atoms with E-state index in [1.807, 2.05) is 13.0 Å². The van der Waals surface area contributed by atoms with Crippen molar-refractivity contribution in [2.45, 2.75) is 6.92 Å². The standard InChI is InChI=1S/C19H16N4O2/c1-13-9-15(10-18(22-13)23-5-7-25-8-6-23)19(24)17-11-16(21-2)4-3-14(17)12-20/h3-4,9-11H,5-8H2,1H3. The Hall–Kier alpha value is -3.22. The van der Waals surface area contributed by atoms with Crippen LogP contribution in [0.3, 0.4) is 0 Å². The molecule has 2 aromatic rings. The topological polar surface area (TPSA) is 70.6 Å². The minimum atomic E-state index is -0.276. The highest BCUT2D eigenvalue weighted by molar-refractivity contribution is 6.11. The van der Waals surface area contributed by atoms with Gasteiger partial charge >= 0.3 is 0 Å². The summed E-state index contributed by atoms with van der Waals surface area (Å²) in [5.41, 5.74) is 2.04. The predicted octanol–water partition coefficient (Wildman–Crippen LogP) is 2.88. The smallest absolute Gasteiger partial charge is 0.193 e. The van der Waals surface area contributed by atoms with Crippen molar-refractivity contribution >= 4 is 17.3 Å². The van der Waals surface area contributed by atoms with Gasteiger partial charge in [-0.1, -0.05) is 12.1 Å². The summed E-state index contributed by atoms with van der Waals surface area (Å²) in [4.78, 5) is 22.9.